The summed E-state index contributed by atoms with van der Waals surface area (Å²) in [5.74, 6) is 0.467. The molecule has 0 spiro atoms. The van der Waals surface area contributed by atoms with E-state index in [2.05, 4.69) is 20.4 Å². The third-order valence-electron chi connectivity index (χ3n) is 4.69. The number of aromatic nitrogens is 4. The zero-order valence-corrected chi connectivity index (χ0v) is 13.7. The van der Waals surface area contributed by atoms with Crippen LogP contribution in [0.3, 0.4) is 0 Å². The van der Waals surface area contributed by atoms with Gasteiger partial charge in [0.05, 0.1) is 18.8 Å². The summed E-state index contributed by atoms with van der Waals surface area (Å²) < 4.78 is 20.5. The first-order chi connectivity index (χ1) is 11.7. The summed E-state index contributed by atoms with van der Waals surface area (Å²) in [6.45, 7) is 2.03. The van der Waals surface area contributed by atoms with Gasteiger partial charge in [0.25, 0.3) is 0 Å². The minimum absolute atomic E-state index is 0.0157. The fourth-order valence-electron chi connectivity index (χ4n) is 3.04. The van der Waals surface area contributed by atoms with E-state index in [4.69, 9.17) is 4.74 Å². The number of benzene rings is 1. The van der Waals surface area contributed by atoms with Gasteiger partial charge in [0, 0.05) is 20.2 Å². The molecule has 1 aromatic carbocycles. The fraction of sp³-hybridized carbons (Fsp3) is 0.562. The summed E-state index contributed by atoms with van der Waals surface area (Å²) in [7, 11) is 1.63. The number of tetrazole rings is 1. The predicted molar refractivity (Wildman–Crippen MR) is 86.2 cm³/mol. The fourth-order valence-corrected chi connectivity index (χ4v) is 3.04. The van der Waals surface area contributed by atoms with E-state index in [1.165, 1.54) is 12.1 Å². The number of hydrogen-bond acceptors (Lipinski definition) is 6. The molecule has 1 N–H and O–H groups in total. The number of methoxy groups -OCH3 is 1. The molecular formula is C16H22FN5O2. The SMILES string of the molecule is COC1(CO)CCN(c2nnnn2CCc2cccc(F)c2)CC1. The Bertz CT molecular complexity index is 664. The Morgan fingerprint density at radius 3 is 2.79 bits per heavy atom. The van der Waals surface area contributed by atoms with Crippen LogP contribution in [-0.4, -0.2) is 57.7 Å². The molecule has 0 bridgehead atoms. The van der Waals surface area contributed by atoms with Crippen LogP contribution >= 0.6 is 0 Å². The molecule has 0 saturated carbocycles. The smallest absolute Gasteiger partial charge is 0.245 e. The molecule has 7 nitrogen and oxygen atoms in total. The molecule has 0 unspecified atom stereocenters. The van der Waals surface area contributed by atoms with Crippen LogP contribution in [0.15, 0.2) is 24.3 Å². The first-order valence-electron chi connectivity index (χ1n) is 8.07. The van der Waals surface area contributed by atoms with Crippen molar-refractivity contribution in [2.24, 2.45) is 0 Å². The highest BCUT2D eigenvalue weighted by Crippen LogP contribution is 2.27. The zero-order chi connectivity index (χ0) is 17.0. The van der Waals surface area contributed by atoms with Gasteiger partial charge in [-0.3, -0.25) is 0 Å². The average molecular weight is 335 g/mol. The van der Waals surface area contributed by atoms with E-state index in [1.54, 1.807) is 17.9 Å². The number of ether oxygens (including phenoxy) is 1. The summed E-state index contributed by atoms with van der Waals surface area (Å²) >= 11 is 0. The van der Waals surface area contributed by atoms with Crippen LogP contribution < -0.4 is 4.90 Å². The molecule has 0 atom stereocenters. The number of aryl methyl sites for hydroxylation is 2. The average Bonchev–Trinajstić information content (AvgIpc) is 3.09. The van der Waals surface area contributed by atoms with E-state index < -0.39 is 5.60 Å². The van der Waals surface area contributed by atoms with Crippen molar-refractivity contribution in [2.45, 2.75) is 31.4 Å². The Kier molecular flexibility index (Phi) is 5.06. The Balaban J connectivity index is 1.63. The highest BCUT2D eigenvalue weighted by molar-refractivity contribution is 5.29. The number of nitrogens with zero attached hydrogens (tertiary/aromatic N) is 5. The van der Waals surface area contributed by atoms with Gasteiger partial charge < -0.3 is 14.7 Å². The van der Waals surface area contributed by atoms with Gasteiger partial charge in [-0.15, -0.1) is 0 Å². The van der Waals surface area contributed by atoms with Crippen molar-refractivity contribution in [3.8, 4) is 0 Å². The van der Waals surface area contributed by atoms with Gasteiger partial charge in [0.1, 0.15) is 5.82 Å². The lowest BCUT2D eigenvalue weighted by molar-refractivity contribution is -0.0674. The maximum absolute atomic E-state index is 13.3. The second-order valence-electron chi connectivity index (χ2n) is 6.11. The van der Waals surface area contributed by atoms with Crippen LogP contribution in [0.4, 0.5) is 10.3 Å². The van der Waals surface area contributed by atoms with Crippen molar-refractivity contribution in [1.29, 1.82) is 0 Å². The first kappa shape index (κ1) is 16.8. The Morgan fingerprint density at radius 2 is 2.12 bits per heavy atom. The van der Waals surface area contributed by atoms with Gasteiger partial charge in [-0.25, -0.2) is 9.07 Å². The molecule has 2 aromatic rings. The lowest BCUT2D eigenvalue weighted by atomic mass is 9.92. The van der Waals surface area contributed by atoms with Crippen molar-refractivity contribution in [1.82, 2.24) is 20.2 Å². The molecule has 24 heavy (non-hydrogen) atoms. The molecule has 1 aromatic heterocycles. The first-order valence-corrected chi connectivity index (χ1v) is 8.07. The molecule has 2 heterocycles. The second kappa shape index (κ2) is 7.23. The van der Waals surface area contributed by atoms with Crippen molar-refractivity contribution in [3.63, 3.8) is 0 Å². The van der Waals surface area contributed by atoms with Crippen molar-refractivity contribution < 1.29 is 14.2 Å². The van der Waals surface area contributed by atoms with Crippen LogP contribution in [0.2, 0.25) is 0 Å². The molecule has 0 radical (unpaired) electrons. The van der Waals surface area contributed by atoms with E-state index >= 15 is 0 Å². The van der Waals surface area contributed by atoms with E-state index in [1.807, 2.05) is 6.07 Å². The Hall–Kier alpha value is -2.06. The molecular weight excluding hydrogens is 313 g/mol. The minimum atomic E-state index is -0.462. The number of aliphatic hydroxyl groups excluding tert-OH is 1. The molecule has 0 aliphatic carbocycles. The number of anilines is 1. The van der Waals surface area contributed by atoms with Gasteiger partial charge >= 0.3 is 0 Å². The Labute approximate surface area is 140 Å². The number of hydrogen-bond donors (Lipinski definition) is 1. The second-order valence-corrected chi connectivity index (χ2v) is 6.11. The standard InChI is InChI=1S/C16H22FN5O2/c1-24-16(12-23)6-9-21(10-7-16)15-18-19-20-22(15)8-5-13-3-2-4-14(17)11-13/h2-4,11,23H,5-10,12H2,1H3. The van der Waals surface area contributed by atoms with Crippen LogP contribution in [0.25, 0.3) is 0 Å². The molecule has 3 rings (SSSR count). The van der Waals surface area contributed by atoms with Crippen LogP contribution in [-0.2, 0) is 17.7 Å². The van der Waals surface area contributed by atoms with Gasteiger partial charge in [-0.1, -0.05) is 17.2 Å². The summed E-state index contributed by atoms with van der Waals surface area (Å²) in [5, 5.41) is 21.5. The number of rotatable bonds is 6. The maximum atomic E-state index is 13.3. The highest BCUT2D eigenvalue weighted by atomic mass is 19.1. The molecule has 130 valence electrons. The zero-order valence-electron chi connectivity index (χ0n) is 13.7. The lowest BCUT2D eigenvalue weighted by Crippen LogP contribution is -2.48. The van der Waals surface area contributed by atoms with Crippen LogP contribution in [0.5, 0.6) is 0 Å². The van der Waals surface area contributed by atoms with Crippen molar-refractivity contribution >= 4 is 5.95 Å². The molecule has 1 fully saturated rings. The molecule has 1 aliphatic heterocycles. The van der Waals surface area contributed by atoms with Crippen molar-refractivity contribution in [3.05, 3.63) is 35.6 Å². The van der Waals surface area contributed by atoms with Gasteiger partial charge in [0.2, 0.25) is 5.95 Å². The molecule has 1 saturated heterocycles. The largest absolute Gasteiger partial charge is 0.393 e. The van der Waals surface area contributed by atoms with E-state index in [-0.39, 0.29) is 12.4 Å². The number of piperidine rings is 1. The molecule has 1 aliphatic rings. The Morgan fingerprint density at radius 1 is 1.33 bits per heavy atom. The summed E-state index contributed by atoms with van der Waals surface area (Å²) in [6, 6.07) is 6.55. The third-order valence-corrected chi connectivity index (χ3v) is 4.69. The predicted octanol–water partition coefficient (Wildman–Crippen LogP) is 1.03. The summed E-state index contributed by atoms with van der Waals surface area (Å²) in [4.78, 5) is 2.10. The lowest BCUT2D eigenvalue weighted by Gasteiger charge is -2.39. The van der Waals surface area contributed by atoms with Crippen LogP contribution in [0, 0.1) is 5.82 Å². The van der Waals surface area contributed by atoms with Crippen molar-refractivity contribution in [2.75, 3.05) is 31.7 Å². The third kappa shape index (κ3) is 3.54. The molecule has 8 heteroatoms. The summed E-state index contributed by atoms with van der Waals surface area (Å²) in [5.41, 5.74) is 0.449. The van der Waals surface area contributed by atoms with Gasteiger partial charge in [0.15, 0.2) is 0 Å². The normalized spacial score (nSPS) is 17.2. The number of halogens is 1. The molecule has 0 amide bonds. The van der Waals surface area contributed by atoms with Gasteiger partial charge in [-0.05, 0) is 47.4 Å². The van der Waals surface area contributed by atoms with E-state index in [0.717, 1.165) is 31.5 Å². The number of aliphatic hydroxyl groups is 1. The minimum Gasteiger partial charge on any atom is -0.393 e. The van der Waals surface area contributed by atoms with Crippen LogP contribution in [0.1, 0.15) is 18.4 Å². The topological polar surface area (TPSA) is 76.3 Å². The van der Waals surface area contributed by atoms with E-state index in [0.29, 0.717) is 18.9 Å². The maximum Gasteiger partial charge on any atom is 0.245 e. The quantitative estimate of drug-likeness (QED) is 0.850. The monoisotopic (exact) mass is 335 g/mol. The summed E-state index contributed by atoms with van der Waals surface area (Å²) in [6.07, 6.45) is 2.09. The van der Waals surface area contributed by atoms with Gasteiger partial charge in [-0.2, -0.15) is 0 Å². The highest BCUT2D eigenvalue weighted by Gasteiger charge is 2.35. The van der Waals surface area contributed by atoms with E-state index in [9.17, 15) is 9.50 Å².